The maximum absolute atomic E-state index is 13.6. The van der Waals surface area contributed by atoms with Gasteiger partial charge in [-0.2, -0.15) is 13.2 Å². The Balaban J connectivity index is 1.57. The van der Waals surface area contributed by atoms with Gasteiger partial charge < -0.3 is 26.0 Å². The normalized spacial score (nSPS) is 19.6. The number of aliphatic hydroxyl groups is 1. The summed E-state index contributed by atoms with van der Waals surface area (Å²) >= 11 is 1.06. The number of halogens is 3. The minimum Gasteiger partial charge on any atom is -0.391 e. The van der Waals surface area contributed by atoms with Crippen molar-refractivity contribution >= 4 is 35.0 Å². The zero-order valence-electron chi connectivity index (χ0n) is 24.9. The van der Waals surface area contributed by atoms with Crippen LogP contribution in [-0.2, 0) is 22.2 Å². The highest BCUT2D eigenvalue weighted by molar-refractivity contribution is 7.13. The molecule has 10 nitrogen and oxygen atoms in total. The Labute approximate surface area is 262 Å². The molecule has 1 aliphatic rings. The molecule has 1 aliphatic heterocycles. The summed E-state index contributed by atoms with van der Waals surface area (Å²) < 4.78 is 38.9. The Kier molecular flexibility index (Phi) is 10.6. The number of benzene rings is 2. The van der Waals surface area contributed by atoms with Crippen LogP contribution < -0.4 is 16.0 Å². The molecule has 0 saturated carbocycles. The first-order valence-electron chi connectivity index (χ1n) is 14.3. The second-order valence-electron chi connectivity index (χ2n) is 11.0. The van der Waals surface area contributed by atoms with Gasteiger partial charge in [-0.05, 0) is 69.0 Å². The van der Waals surface area contributed by atoms with E-state index in [9.17, 15) is 37.5 Å². The van der Waals surface area contributed by atoms with Gasteiger partial charge in [0.25, 0.3) is 11.8 Å². The Morgan fingerprint density at radius 1 is 1.09 bits per heavy atom. The zero-order chi connectivity index (χ0) is 32.9. The number of hydrogen-bond acceptors (Lipinski definition) is 7. The molecule has 0 spiro atoms. The minimum absolute atomic E-state index is 0.0176. The third-order valence-corrected chi connectivity index (χ3v) is 8.19. The highest BCUT2D eigenvalue weighted by atomic mass is 32.1. The molecule has 45 heavy (non-hydrogen) atoms. The summed E-state index contributed by atoms with van der Waals surface area (Å²) in [5.74, 6) is -2.27. The molecule has 4 rings (SSSR count). The quantitative estimate of drug-likeness (QED) is 0.345. The summed E-state index contributed by atoms with van der Waals surface area (Å²) in [4.78, 5) is 58.2. The van der Waals surface area contributed by atoms with E-state index in [1.54, 1.807) is 25.1 Å². The van der Waals surface area contributed by atoms with Crippen LogP contribution in [0.25, 0.3) is 10.6 Å². The van der Waals surface area contributed by atoms with Crippen LogP contribution in [0.4, 0.5) is 13.2 Å². The highest BCUT2D eigenvalue weighted by Gasteiger charge is 2.31. The predicted octanol–water partition coefficient (Wildman–Crippen LogP) is 3.33. The second kappa shape index (κ2) is 14.2. The van der Waals surface area contributed by atoms with Gasteiger partial charge in [0.1, 0.15) is 16.7 Å². The van der Waals surface area contributed by atoms with Crippen LogP contribution in [-0.4, -0.2) is 76.4 Å². The van der Waals surface area contributed by atoms with Crippen molar-refractivity contribution < 1.29 is 37.5 Å². The number of amides is 4. The largest absolute Gasteiger partial charge is 0.416 e. The molecule has 0 fully saturated rings. The van der Waals surface area contributed by atoms with E-state index in [0.29, 0.717) is 35.5 Å². The topological polar surface area (TPSA) is 141 Å². The summed E-state index contributed by atoms with van der Waals surface area (Å²) in [6.07, 6.45) is -4.62. The molecular weight excluding hydrogens is 611 g/mol. The molecule has 0 saturated heterocycles. The Hall–Kier alpha value is -4.30. The number of aryl methyl sites for hydroxylation is 2. The fourth-order valence-corrected chi connectivity index (χ4v) is 5.64. The summed E-state index contributed by atoms with van der Waals surface area (Å²) in [6.45, 7) is 4.71. The average Bonchev–Trinajstić information content (AvgIpc) is 3.47. The van der Waals surface area contributed by atoms with Crippen molar-refractivity contribution in [2.24, 2.45) is 0 Å². The smallest absolute Gasteiger partial charge is 0.391 e. The number of carbonyl (C=O) groups is 4. The van der Waals surface area contributed by atoms with Crippen LogP contribution in [0.15, 0.2) is 47.8 Å². The van der Waals surface area contributed by atoms with Gasteiger partial charge in [0.15, 0.2) is 0 Å². The van der Waals surface area contributed by atoms with E-state index in [1.807, 2.05) is 6.92 Å². The van der Waals surface area contributed by atoms with Crippen LogP contribution in [0.2, 0.25) is 0 Å². The summed E-state index contributed by atoms with van der Waals surface area (Å²) in [5.41, 5.74) is 1.72. The third-order valence-electron chi connectivity index (χ3n) is 7.29. The summed E-state index contributed by atoms with van der Waals surface area (Å²) in [5, 5.41) is 20.2. The lowest BCUT2D eigenvalue weighted by Gasteiger charge is -2.27. The molecule has 3 aromatic rings. The molecule has 240 valence electrons. The van der Waals surface area contributed by atoms with Gasteiger partial charge in [0, 0.05) is 35.6 Å². The predicted molar refractivity (Wildman–Crippen MR) is 162 cm³/mol. The lowest BCUT2D eigenvalue weighted by Crippen LogP contribution is -2.56. The number of rotatable bonds is 3. The van der Waals surface area contributed by atoms with Crippen molar-refractivity contribution in [2.45, 2.75) is 58.0 Å². The Bertz CT molecular complexity index is 1560. The van der Waals surface area contributed by atoms with Crippen LogP contribution >= 0.6 is 11.3 Å². The molecule has 3 atom stereocenters. The Morgan fingerprint density at radius 3 is 2.44 bits per heavy atom. The molecule has 0 unspecified atom stereocenters. The molecule has 4 N–H and O–H groups in total. The van der Waals surface area contributed by atoms with Gasteiger partial charge in [0.2, 0.25) is 11.8 Å². The maximum Gasteiger partial charge on any atom is 0.416 e. The van der Waals surface area contributed by atoms with Gasteiger partial charge in [-0.3, -0.25) is 19.2 Å². The molecule has 2 heterocycles. The van der Waals surface area contributed by atoms with E-state index in [0.717, 1.165) is 34.6 Å². The van der Waals surface area contributed by atoms with Gasteiger partial charge in [0.05, 0.1) is 18.2 Å². The molecule has 4 amide bonds. The van der Waals surface area contributed by atoms with E-state index in [1.165, 1.54) is 29.3 Å². The molecule has 2 bridgehead atoms. The van der Waals surface area contributed by atoms with E-state index in [-0.39, 0.29) is 18.8 Å². The van der Waals surface area contributed by atoms with E-state index < -0.39 is 53.6 Å². The van der Waals surface area contributed by atoms with Crippen molar-refractivity contribution in [1.82, 2.24) is 25.8 Å². The fourth-order valence-electron chi connectivity index (χ4n) is 4.84. The van der Waals surface area contributed by atoms with Crippen LogP contribution in [0.1, 0.15) is 57.8 Å². The monoisotopic (exact) mass is 645 g/mol. The first-order valence-corrected chi connectivity index (χ1v) is 15.2. The lowest BCUT2D eigenvalue weighted by atomic mass is 10.00. The van der Waals surface area contributed by atoms with Gasteiger partial charge >= 0.3 is 6.18 Å². The summed E-state index contributed by atoms with van der Waals surface area (Å²) in [6, 6.07) is 7.53. The van der Waals surface area contributed by atoms with Crippen LogP contribution in [0, 0.1) is 6.92 Å². The molecule has 0 aliphatic carbocycles. The number of carbonyl (C=O) groups excluding carboxylic acids is 4. The summed E-state index contributed by atoms with van der Waals surface area (Å²) in [7, 11) is 0. The van der Waals surface area contributed by atoms with Gasteiger partial charge in [-0.1, -0.05) is 18.2 Å². The van der Waals surface area contributed by atoms with Crippen molar-refractivity contribution in [3.05, 3.63) is 75.8 Å². The van der Waals surface area contributed by atoms with Crippen molar-refractivity contribution in [3.63, 3.8) is 0 Å². The number of aromatic nitrogens is 1. The maximum atomic E-state index is 13.6. The molecule has 1 aromatic heterocycles. The van der Waals surface area contributed by atoms with Crippen LogP contribution in [0.3, 0.4) is 0 Å². The van der Waals surface area contributed by atoms with Crippen molar-refractivity contribution in [2.75, 3.05) is 19.6 Å². The van der Waals surface area contributed by atoms with Crippen molar-refractivity contribution in [3.8, 4) is 10.6 Å². The SMILES string of the molecule is Cc1ccc2cc1CCCNC(=O)CN(C(=O)c1csc(-c3ccc(C(F)(F)F)cc3)n1)C[C@@H](C)NC(=O)[C@H]([C@@H](C)O)NC2=O. The highest BCUT2D eigenvalue weighted by Crippen LogP contribution is 2.32. The number of nitrogens with zero attached hydrogens (tertiary/aromatic N) is 2. The zero-order valence-corrected chi connectivity index (χ0v) is 25.7. The average molecular weight is 646 g/mol. The molecule has 0 radical (unpaired) electrons. The third kappa shape index (κ3) is 8.66. The second-order valence-corrected chi connectivity index (χ2v) is 11.9. The number of hydrogen-bond donors (Lipinski definition) is 4. The minimum atomic E-state index is -4.49. The van der Waals surface area contributed by atoms with Crippen molar-refractivity contribution in [1.29, 1.82) is 0 Å². The number of aliphatic hydroxyl groups excluding tert-OH is 1. The van der Waals surface area contributed by atoms with E-state index in [2.05, 4.69) is 20.9 Å². The lowest BCUT2D eigenvalue weighted by molar-refractivity contribution is -0.137. The number of nitrogens with one attached hydrogen (secondary N) is 3. The standard InChI is InChI=1S/C31H34F3N5O5S/c1-17-6-7-22-13-21(17)5-4-12-35-25(41)15-39(14-18(2)36-28(43)26(19(3)40)38-27(22)42)30(44)24-16-45-29(37-24)20-8-10-23(11-9-20)31(32,33)34/h6-11,13,16,18-19,26,40H,4-5,12,14-15H2,1-3H3,(H,35,41)(H,36,43)(H,38,42)/t18-,19-,26+/m1/s1. The fraction of sp³-hybridized carbons (Fsp3) is 0.387. The van der Waals surface area contributed by atoms with Crippen LogP contribution in [0.5, 0.6) is 0 Å². The first-order chi connectivity index (χ1) is 21.2. The van der Waals surface area contributed by atoms with Gasteiger partial charge in [-0.25, -0.2) is 4.98 Å². The molecular formula is C31H34F3N5O5S. The number of fused-ring (bicyclic) bond motifs is 2. The van der Waals surface area contributed by atoms with E-state index in [4.69, 9.17) is 0 Å². The van der Waals surface area contributed by atoms with E-state index >= 15 is 0 Å². The number of thiazole rings is 1. The molecule has 14 heteroatoms. The first kappa shape index (κ1) is 33.6. The number of alkyl halides is 3. The molecule has 2 aromatic carbocycles. The Morgan fingerprint density at radius 2 is 1.78 bits per heavy atom. The van der Waals surface area contributed by atoms with Gasteiger partial charge in [-0.15, -0.1) is 11.3 Å².